The van der Waals surface area contributed by atoms with Crippen LogP contribution in [0.5, 0.6) is 5.75 Å². The predicted molar refractivity (Wildman–Crippen MR) is 70.5 cm³/mol. The van der Waals surface area contributed by atoms with Crippen LogP contribution >= 0.6 is 0 Å². The molecular weight excluding hydrogens is 198 g/mol. The predicted octanol–water partition coefficient (Wildman–Crippen LogP) is 3.81. The molecule has 0 aliphatic heterocycles. The van der Waals surface area contributed by atoms with Crippen LogP contribution in [0.25, 0.3) is 0 Å². The molecule has 0 aromatic heterocycles. The minimum Gasteiger partial charge on any atom is -0.495 e. The lowest BCUT2D eigenvalue weighted by Crippen LogP contribution is -2.12. The van der Waals surface area contributed by atoms with Gasteiger partial charge in [-0.05, 0) is 29.5 Å². The molecule has 90 valence electrons. The van der Waals surface area contributed by atoms with Crippen LogP contribution in [0.2, 0.25) is 0 Å². The zero-order valence-corrected chi connectivity index (χ0v) is 11.1. The van der Waals surface area contributed by atoms with Crippen LogP contribution in [-0.2, 0) is 5.41 Å². The van der Waals surface area contributed by atoms with Gasteiger partial charge in [-0.3, -0.25) is 0 Å². The van der Waals surface area contributed by atoms with Gasteiger partial charge < -0.3 is 10.1 Å². The summed E-state index contributed by atoms with van der Waals surface area (Å²) >= 11 is 0. The molecule has 1 rings (SSSR count). The fourth-order valence-electron chi connectivity index (χ4n) is 1.57. The summed E-state index contributed by atoms with van der Waals surface area (Å²) in [6.45, 7) is 9.80. The molecular formula is C14H23NO. The normalized spacial score (nSPS) is 11.3. The first-order valence-electron chi connectivity index (χ1n) is 5.91. The SMILES string of the molecule is CCCNc1cc(C(C)(C)C)ccc1OC. The number of nitrogens with one attached hydrogen (secondary N) is 1. The van der Waals surface area contributed by atoms with Gasteiger partial charge in [-0.2, -0.15) is 0 Å². The summed E-state index contributed by atoms with van der Waals surface area (Å²) in [4.78, 5) is 0. The van der Waals surface area contributed by atoms with E-state index in [1.54, 1.807) is 7.11 Å². The molecule has 1 N–H and O–H groups in total. The number of benzene rings is 1. The maximum Gasteiger partial charge on any atom is 0.141 e. The Morgan fingerprint density at radius 3 is 2.44 bits per heavy atom. The summed E-state index contributed by atoms with van der Waals surface area (Å²) in [7, 11) is 1.71. The van der Waals surface area contributed by atoms with Gasteiger partial charge in [-0.15, -0.1) is 0 Å². The van der Waals surface area contributed by atoms with Crippen LogP contribution in [0.1, 0.15) is 39.7 Å². The van der Waals surface area contributed by atoms with Crippen LogP contribution in [0, 0.1) is 0 Å². The quantitative estimate of drug-likeness (QED) is 0.834. The topological polar surface area (TPSA) is 21.3 Å². The Morgan fingerprint density at radius 2 is 1.94 bits per heavy atom. The van der Waals surface area contributed by atoms with E-state index in [2.05, 4.69) is 45.1 Å². The van der Waals surface area contributed by atoms with Gasteiger partial charge in [0.1, 0.15) is 5.75 Å². The van der Waals surface area contributed by atoms with E-state index in [0.717, 1.165) is 24.4 Å². The summed E-state index contributed by atoms with van der Waals surface area (Å²) in [5.74, 6) is 0.918. The minimum atomic E-state index is 0.176. The van der Waals surface area contributed by atoms with E-state index >= 15 is 0 Å². The number of anilines is 1. The first-order valence-corrected chi connectivity index (χ1v) is 5.91. The number of hydrogen-bond acceptors (Lipinski definition) is 2. The highest BCUT2D eigenvalue weighted by atomic mass is 16.5. The van der Waals surface area contributed by atoms with Crippen molar-refractivity contribution in [3.05, 3.63) is 23.8 Å². The Bertz CT molecular complexity index is 339. The van der Waals surface area contributed by atoms with E-state index in [9.17, 15) is 0 Å². The fourth-order valence-corrected chi connectivity index (χ4v) is 1.57. The van der Waals surface area contributed by atoms with Crippen LogP contribution in [-0.4, -0.2) is 13.7 Å². The third-order valence-corrected chi connectivity index (χ3v) is 2.63. The summed E-state index contributed by atoms with van der Waals surface area (Å²) in [5.41, 5.74) is 2.60. The molecule has 0 radical (unpaired) electrons. The van der Waals surface area contributed by atoms with E-state index in [1.807, 2.05) is 6.07 Å². The highest BCUT2D eigenvalue weighted by Gasteiger charge is 2.15. The van der Waals surface area contributed by atoms with Gasteiger partial charge in [0, 0.05) is 6.54 Å². The Labute approximate surface area is 99.0 Å². The molecule has 0 aliphatic carbocycles. The molecule has 2 nitrogen and oxygen atoms in total. The largest absolute Gasteiger partial charge is 0.495 e. The summed E-state index contributed by atoms with van der Waals surface area (Å²) in [6, 6.07) is 6.36. The van der Waals surface area contributed by atoms with Gasteiger partial charge in [-0.25, -0.2) is 0 Å². The van der Waals surface area contributed by atoms with E-state index in [-0.39, 0.29) is 5.41 Å². The Hall–Kier alpha value is -1.18. The van der Waals surface area contributed by atoms with Crippen LogP contribution in [0.15, 0.2) is 18.2 Å². The average molecular weight is 221 g/mol. The molecule has 0 heterocycles. The molecule has 0 amide bonds. The Morgan fingerprint density at radius 1 is 1.25 bits per heavy atom. The molecule has 0 spiro atoms. The van der Waals surface area contributed by atoms with E-state index in [4.69, 9.17) is 4.74 Å². The zero-order chi connectivity index (χ0) is 12.2. The monoisotopic (exact) mass is 221 g/mol. The lowest BCUT2D eigenvalue weighted by Gasteiger charge is -2.21. The molecule has 0 bridgehead atoms. The summed E-state index contributed by atoms with van der Waals surface area (Å²) in [5, 5.41) is 3.40. The highest BCUT2D eigenvalue weighted by Crippen LogP contribution is 2.31. The van der Waals surface area contributed by atoms with Crippen molar-refractivity contribution in [3.8, 4) is 5.75 Å². The first kappa shape index (κ1) is 12.9. The fraction of sp³-hybridized carbons (Fsp3) is 0.571. The molecule has 16 heavy (non-hydrogen) atoms. The third-order valence-electron chi connectivity index (χ3n) is 2.63. The van der Waals surface area contributed by atoms with Gasteiger partial charge in [0.15, 0.2) is 0 Å². The van der Waals surface area contributed by atoms with E-state index in [1.165, 1.54) is 5.56 Å². The van der Waals surface area contributed by atoms with Gasteiger partial charge in [0.05, 0.1) is 12.8 Å². The molecule has 2 heteroatoms. The van der Waals surface area contributed by atoms with Crippen molar-refractivity contribution in [1.82, 2.24) is 0 Å². The van der Waals surface area contributed by atoms with Gasteiger partial charge in [-0.1, -0.05) is 33.8 Å². The molecule has 0 fully saturated rings. The molecule has 0 atom stereocenters. The number of ether oxygens (including phenoxy) is 1. The second kappa shape index (κ2) is 5.24. The van der Waals surface area contributed by atoms with Crippen LogP contribution < -0.4 is 10.1 Å². The number of rotatable bonds is 4. The minimum absolute atomic E-state index is 0.176. The van der Waals surface area contributed by atoms with Crippen LogP contribution in [0.3, 0.4) is 0 Å². The molecule has 0 saturated carbocycles. The van der Waals surface area contributed by atoms with Crippen molar-refractivity contribution in [2.75, 3.05) is 19.0 Å². The average Bonchev–Trinajstić information content (AvgIpc) is 2.24. The lowest BCUT2D eigenvalue weighted by molar-refractivity contribution is 0.416. The molecule has 1 aromatic rings. The summed E-state index contributed by atoms with van der Waals surface area (Å²) in [6.07, 6.45) is 1.11. The maximum absolute atomic E-state index is 5.35. The molecule has 0 saturated heterocycles. The van der Waals surface area contributed by atoms with Gasteiger partial charge in [0.2, 0.25) is 0 Å². The molecule has 1 aromatic carbocycles. The Balaban J connectivity index is 3.01. The zero-order valence-electron chi connectivity index (χ0n) is 11.1. The highest BCUT2D eigenvalue weighted by molar-refractivity contribution is 5.59. The maximum atomic E-state index is 5.35. The van der Waals surface area contributed by atoms with Crippen molar-refractivity contribution < 1.29 is 4.74 Å². The van der Waals surface area contributed by atoms with Crippen LogP contribution in [0.4, 0.5) is 5.69 Å². The first-order chi connectivity index (χ1) is 7.49. The number of methoxy groups -OCH3 is 1. The Kier molecular flexibility index (Phi) is 4.22. The van der Waals surface area contributed by atoms with Crippen molar-refractivity contribution in [1.29, 1.82) is 0 Å². The van der Waals surface area contributed by atoms with Gasteiger partial charge in [0.25, 0.3) is 0 Å². The van der Waals surface area contributed by atoms with Crippen molar-refractivity contribution in [2.45, 2.75) is 39.5 Å². The summed E-state index contributed by atoms with van der Waals surface area (Å²) < 4.78 is 5.35. The standard InChI is InChI=1S/C14H23NO/c1-6-9-15-12-10-11(14(2,3)4)7-8-13(12)16-5/h7-8,10,15H,6,9H2,1-5H3. The van der Waals surface area contributed by atoms with E-state index in [0.29, 0.717) is 0 Å². The van der Waals surface area contributed by atoms with Crippen molar-refractivity contribution >= 4 is 5.69 Å². The van der Waals surface area contributed by atoms with Crippen molar-refractivity contribution in [2.24, 2.45) is 0 Å². The smallest absolute Gasteiger partial charge is 0.141 e. The third kappa shape index (κ3) is 3.16. The lowest BCUT2D eigenvalue weighted by atomic mass is 9.87. The van der Waals surface area contributed by atoms with Crippen molar-refractivity contribution in [3.63, 3.8) is 0 Å². The molecule has 0 aliphatic rings. The van der Waals surface area contributed by atoms with E-state index < -0.39 is 0 Å². The second-order valence-corrected chi connectivity index (χ2v) is 5.09. The van der Waals surface area contributed by atoms with Gasteiger partial charge >= 0.3 is 0 Å². The molecule has 0 unspecified atom stereocenters. The number of hydrogen-bond donors (Lipinski definition) is 1. The second-order valence-electron chi connectivity index (χ2n) is 5.09.